The van der Waals surface area contributed by atoms with Crippen molar-refractivity contribution in [1.29, 1.82) is 0 Å². The third kappa shape index (κ3) is 5.53. The Hall–Kier alpha value is -2.75. The predicted molar refractivity (Wildman–Crippen MR) is 126 cm³/mol. The molecule has 3 aromatic rings. The topological polar surface area (TPSA) is 89.5 Å². The maximum Gasteiger partial charge on any atom is 0.233 e. The number of amides is 1. The van der Waals surface area contributed by atoms with Crippen molar-refractivity contribution in [2.45, 2.75) is 5.16 Å². The summed E-state index contributed by atoms with van der Waals surface area (Å²) in [6.07, 6.45) is 0. The Morgan fingerprint density at radius 3 is 2.50 bits per heavy atom. The van der Waals surface area contributed by atoms with Crippen molar-refractivity contribution in [2.75, 3.05) is 50.9 Å². The van der Waals surface area contributed by atoms with Crippen LogP contribution in [0.25, 0.3) is 11.4 Å². The molecule has 1 saturated heterocycles. The van der Waals surface area contributed by atoms with Crippen molar-refractivity contribution in [3.8, 4) is 17.1 Å². The van der Waals surface area contributed by atoms with Crippen LogP contribution in [-0.4, -0.2) is 75.7 Å². The minimum absolute atomic E-state index is 0.0671. The Bertz CT molecular complexity index is 1040. The quantitative estimate of drug-likeness (QED) is 0.398. The van der Waals surface area contributed by atoms with Gasteiger partial charge < -0.3 is 15.5 Å². The number of nitrogen functional groups attached to an aromatic ring is 1. The van der Waals surface area contributed by atoms with Crippen LogP contribution in [0.15, 0.2) is 59.8 Å². The number of halogens is 1. The summed E-state index contributed by atoms with van der Waals surface area (Å²) in [4.78, 5) is 16.9. The number of aromatic nitrogens is 3. The number of carbonyl (C=O) groups is 1. The lowest BCUT2D eigenvalue weighted by molar-refractivity contribution is -0.130. The Balaban J connectivity index is 1.21. The summed E-state index contributed by atoms with van der Waals surface area (Å²) < 4.78 is 7.14. The number of para-hydroxylation sites is 1. The molecule has 168 valence electrons. The van der Waals surface area contributed by atoms with Crippen LogP contribution in [0.4, 0.5) is 0 Å². The predicted octanol–water partition coefficient (Wildman–Crippen LogP) is 2.63. The van der Waals surface area contributed by atoms with E-state index in [-0.39, 0.29) is 11.7 Å². The standard InChI is InChI=1S/C22H25ClN6O2S/c23-19-9-5-4-8-18(19)21-25-26-22(29(21)24)32-16-20(30)28-12-10-27(11-13-28)14-15-31-17-6-2-1-3-7-17/h1-9H,10-16,24H2. The molecule has 0 atom stereocenters. The Kier molecular flexibility index (Phi) is 7.51. The van der Waals surface area contributed by atoms with Gasteiger partial charge in [-0.05, 0) is 24.3 Å². The first kappa shape index (κ1) is 22.4. The third-order valence-corrected chi connectivity index (χ3v) is 6.51. The molecule has 0 bridgehead atoms. The van der Waals surface area contributed by atoms with Gasteiger partial charge in [0.15, 0.2) is 5.82 Å². The summed E-state index contributed by atoms with van der Waals surface area (Å²) in [5.74, 6) is 7.82. The lowest BCUT2D eigenvalue weighted by Crippen LogP contribution is -2.50. The fraction of sp³-hybridized carbons (Fsp3) is 0.318. The van der Waals surface area contributed by atoms with Gasteiger partial charge in [-0.15, -0.1) is 10.2 Å². The molecule has 0 unspecified atom stereocenters. The summed E-state index contributed by atoms with van der Waals surface area (Å²) in [6.45, 7) is 4.53. The van der Waals surface area contributed by atoms with Crippen LogP contribution in [0, 0.1) is 0 Å². The van der Waals surface area contributed by atoms with Gasteiger partial charge in [0.1, 0.15) is 12.4 Å². The maximum absolute atomic E-state index is 12.7. The van der Waals surface area contributed by atoms with E-state index in [1.54, 1.807) is 6.07 Å². The van der Waals surface area contributed by atoms with E-state index in [9.17, 15) is 4.79 Å². The minimum Gasteiger partial charge on any atom is -0.492 e. The monoisotopic (exact) mass is 472 g/mol. The third-order valence-electron chi connectivity index (χ3n) is 5.25. The van der Waals surface area contributed by atoms with Crippen LogP contribution in [0.1, 0.15) is 0 Å². The van der Waals surface area contributed by atoms with Crippen molar-refractivity contribution in [3.63, 3.8) is 0 Å². The summed E-state index contributed by atoms with van der Waals surface area (Å²) in [5, 5.41) is 9.28. The molecule has 1 aliphatic rings. The highest BCUT2D eigenvalue weighted by Gasteiger charge is 2.22. The van der Waals surface area contributed by atoms with Crippen LogP contribution in [0.2, 0.25) is 5.02 Å². The van der Waals surface area contributed by atoms with Gasteiger partial charge in [0, 0.05) is 38.3 Å². The SMILES string of the molecule is Nn1c(SCC(=O)N2CCN(CCOc3ccccc3)CC2)nnc1-c1ccccc1Cl. The average Bonchev–Trinajstić information content (AvgIpc) is 3.19. The molecule has 1 fully saturated rings. The molecule has 10 heteroatoms. The molecule has 1 amide bonds. The number of rotatable bonds is 8. The molecule has 0 saturated carbocycles. The smallest absolute Gasteiger partial charge is 0.233 e. The molecule has 0 aliphatic carbocycles. The molecule has 2 heterocycles. The Morgan fingerprint density at radius 2 is 1.75 bits per heavy atom. The largest absolute Gasteiger partial charge is 0.492 e. The maximum atomic E-state index is 12.7. The lowest BCUT2D eigenvalue weighted by atomic mass is 10.2. The van der Waals surface area contributed by atoms with E-state index in [0.717, 1.165) is 25.4 Å². The van der Waals surface area contributed by atoms with Gasteiger partial charge in [-0.3, -0.25) is 9.69 Å². The van der Waals surface area contributed by atoms with Gasteiger partial charge in [-0.25, -0.2) is 4.68 Å². The van der Waals surface area contributed by atoms with Crippen molar-refractivity contribution in [1.82, 2.24) is 24.7 Å². The Labute approximate surface area is 196 Å². The normalized spacial score (nSPS) is 14.5. The highest BCUT2D eigenvalue weighted by molar-refractivity contribution is 7.99. The van der Waals surface area contributed by atoms with E-state index in [1.807, 2.05) is 53.4 Å². The van der Waals surface area contributed by atoms with Crippen molar-refractivity contribution >= 4 is 29.3 Å². The van der Waals surface area contributed by atoms with E-state index >= 15 is 0 Å². The molecule has 32 heavy (non-hydrogen) atoms. The van der Waals surface area contributed by atoms with E-state index in [1.165, 1.54) is 16.4 Å². The molecule has 8 nitrogen and oxygen atoms in total. The zero-order valence-electron chi connectivity index (χ0n) is 17.6. The van der Waals surface area contributed by atoms with Gasteiger partial charge in [0.05, 0.1) is 10.8 Å². The zero-order chi connectivity index (χ0) is 22.3. The first-order chi connectivity index (χ1) is 15.6. The second-order valence-electron chi connectivity index (χ2n) is 7.33. The molecular formula is C22H25ClN6O2S. The van der Waals surface area contributed by atoms with E-state index < -0.39 is 0 Å². The summed E-state index contributed by atoms with van der Waals surface area (Å²) >= 11 is 7.51. The molecule has 2 aromatic carbocycles. The molecular weight excluding hydrogens is 448 g/mol. The summed E-state index contributed by atoms with van der Waals surface area (Å²) in [7, 11) is 0. The van der Waals surface area contributed by atoms with E-state index in [4.69, 9.17) is 22.2 Å². The van der Waals surface area contributed by atoms with Gasteiger partial charge in [0.2, 0.25) is 11.1 Å². The second kappa shape index (κ2) is 10.7. The number of ether oxygens (including phenoxy) is 1. The highest BCUT2D eigenvalue weighted by Crippen LogP contribution is 2.27. The van der Waals surface area contributed by atoms with Gasteiger partial charge in [-0.2, -0.15) is 0 Å². The molecule has 1 aliphatic heterocycles. The minimum atomic E-state index is 0.0671. The van der Waals surface area contributed by atoms with Crippen LogP contribution in [0.5, 0.6) is 5.75 Å². The number of thioether (sulfide) groups is 1. The van der Waals surface area contributed by atoms with Gasteiger partial charge in [0.25, 0.3) is 0 Å². The van der Waals surface area contributed by atoms with Crippen molar-refractivity contribution < 1.29 is 9.53 Å². The molecule has 4 rings (SSSR count). The van der Waals surface area contributed by atoms with E-state index in [2.05, 4.69) is 15.1 Å². The lowest BCUT2D eigenvalue weighted by Gasteiger charge is -2.34. The number of piperazine rings is 1. The number of nitrogens with zero attached hydrogens (tertiary/aromatic N) is 5. The number of nitrogens with two attached hydrogens (primary N) is 1. The molecule has 0 spiro atoms. The molecule has 2 N–H and O–H groups in total. The van der Waals surface area contributed by atoms with Gasteiger partial charge in [-0.1, -0.05) is 53.7 Å². The molecule has 0 radical (unpaired) electrons. The highest BCUT2D eigenvalue weighted by atomic mass is 35.5. The van der Waals surface area contributed by atoms with Crippen molar-refractivity contribution in [3.05, 3.63) is 59.6 Å². The number of benzene rings is 2. The number of hydrogen-bond donors (Lipinski definition) is 1. The van der Waals surface area contributed by atoms with Crippen LogP contribution < -0.4 is 10.6 Å². The van der Waals surface area contributed by atoms with Crippen LogP contribution in [-0.2, 0) is 4.79 Å². The van der Waals surface area contributed by atoms with Crippen LogP contribution in [0.3, 0.4) is 0 Å². The number of hydrogen-bond acceptors (Lipinski definition) is 7. The first-order valence-electron chi connectivity index (χ1n) is 10.4. The summed E-state index contributed by atoms with van der Waals surface area (Å²) in [6, 6.07) is 17.1. The molecule has 1 aromatic heterocycles. The Morgan fingerprint density at radius 1 is 1.03 bits per heavy atom. The first-order valence-corrected chi connectivity index (χ1v) is 11.7. The van der Waals surface area contributed by atoms with Crippen molar-refractivity contribution in [2.24, 2.45) is 0 Å². The van der Waals surface area contributed by atoms with Crippen LogP contribution >= 0.6 is 23.4 Å². The fourth-order valence-electron chi connectivity index (χ4n) is 3.45. The van der Waals surface area contributed by atoms with E-state index in [0.29, 0.717) is 41.3 Å². The number of carbonyl (C=O) groups excluding carboxylic acids is 1. The second-order valence-corrected chi connectivity index (χ2v) is 8.68. The summed E-state index contributed by atoms with van der Waals surface area (Å²) in [5.41, 5.74) is 0.703. The zero-order valence-corrected chi connectivity index (χ0v) is 19.1. The average molecular weight is 473 g/mol. The fourth-order valence-corrected chi connectivity index (χ4v) is 4.43. The van der Waals surface area contributed by atoms with Gasteiger partial charge >= 0.3 is 0 Å².